The van der Waals surface area contributed by atoms with Crippen LogP contribution in [0.3, 0.4) is 0 Å². The van der Waals surface area contributed by atoms with Gasteiger partial charge in [-0.2, -0.15) is 0 Å². The van der Waals surface area contributed by atoms with Gasteiger partial charge in [0, 0.05) is 18.4 Å². The van der Waals surface area contributed by atoms with Gasteiger partial charge in [-0.1, -0.05) is 36.4 Å². The predicted octanol–water partition coefficient (Wildman–Crippen LogP) is 4.38. The summed E-state index contributed by atoms with van der Waals surface area (Å²) in [6.45, 7) is 9.32. The van der Waals surface area contributed by atoms with Crippen LogP contribution in [-0.4, -0.2) is 12.5 Å². The molecule has 1 fully saturated rings. The summed E-state index contributed by atoms with van der Waals surface area (Å²) in [7, 11) is 0. The molecule has 1 heterocycles. The zero-order valence-corrected chi connectivity index (χ0v) is 15.1. The fourth-order valence-corrected chi connectivity index (χ4v) is 3.57. The third-order valence-corrected chi connectivity index (χ3v) is 5.52. The van der Waals surface area contributed by atoms with Gasteiger partial charge in [0.2, 0.25) is 5.91 Å². The van der Waals surface area contributed by atoms with E-state index in [1.54, 1.807) is 0 Å². The molecule has 2 unspecified atom stereocenters. The number of carbonyl (C=O) groups is 1. The first kappa shape index (κ1) is 16.8. The molecule has 126 valence electrons. The van der Waals surface area contributed by atoms with E-state index in [-0.39, 0.29) is 11.8 Å². The van der Waals surface area contributed by atoms with E-state index in [4.69, 9.17) is 0 Å². The summed E-state index contributed by atoms with van der Waals surface area (Å²) in [5, 5.41) is 3.12. The molecular weight excluding hydrogens is 294 g/mol. The van der Waals surface area contributed by atoms with Crippen LogP contribution in [-0.2, 0) is 11.2 Å². The Bertz CT molecular complexity index is 763. The van der Waals surface area contributed by atoms with Crippen LogP contribution >= 0.6 is 0 Å². The highest BCUT2D eigenvalue weighted by Gasteiger charge is 2.29. The minimum Gasteiger partial charge on any atom is -0.355 e. The first-order valence-corrected chi connectivity index (χ1v) is 8.85. The van der Waals surface area contributed by atoms with Crippen LogP contribution in [0.2, 0.25) is 0 Å². The number of carbonyl (C=O) groups excluding carboxylic acids is 1. The molecule has 0 saturated carbocycles. The minimum atomic E-state index is 0.0625. The highest BCUT2D eigenvalue weighted by Crippen LogP contribution is 2.30. The Morgan fingerprint density at radius 2 is 1.58 bits per heavy atom. The fourth-order valence-electron chi connectivity index (χ4n) is 3.57. The molecule has 1 amide bonds. The quantitative estimate of drug-likeness (QED) is 0.893. The number of aryl methyl sites for hydroxylation is 4. The Balaban J connectivity index is 1.76. The molecule has 2 aromatic rings. The topological polar surface area (TPSA) is 29.1 Å². The van der Waals surface area contributed by atoms with E-state index in [0.717, 1.165) is 19.4 Å². The third-order valence-electron chi connectivity index (χ3n) is 5.52. The number of nitrogens with one attached hydrogen (secondary N) is 1. The molecule has 24 heavy (non-hydrogen) atoms. The third kappa shape index (κ3) is 3.53. The summed E-state index contributed by atoms with van der Waals surface area (Å²) in [5.41, 5.74) is 7.87. The minimum absolute atomic E-state index is 0.0625. The van der Waals surface area contributed by atoms with Gasteiger partial charge >= 0.3 is 0 Å². The molecule has 0 aromatic heterocycles. The molecule has 0 bridgehead atoms. The van der Waals surface area contributed by atoms with Gasteiger partial charge in [-0.3, -0.25) is 4.79 Å². The number of amides is 1. The molecule has 0 spiro atoms. The first-order valence-electron chi connectivity index (χ1n) is 8.85. The van der Waals surface area contributed by atoms with Crippen LogP contribution < -0.4 is 5.32 Å². The monoisotopic (exact) mass is 321 g/mol. The van der Waals surface area contributed by atoms with Crippen molar-refractivity contribution < 1.29 is 4.79 Å². The lowest BCUT2D eigenvalue weighted by Crippen LogP contribution is -2.41. The zero-order chi connectivity index (χ0) is 17.3. The molecular formula is C22H27NO. The SMILES string of the molecule is Cc1ccc(CC2CC(c3ccc(C)c(C)c3)CNC2=O)cc1C. The fraction of sp³-hybridized carbons (Fsp3) is 0.409. The van der Waals surface area contributed by atoms with Gasteiger partial charge in [-0.15, -0.1) is 0 Å². The average Bonchev–Trinajstić information content (AvgIpc) is 2.56. The Kier molecular flexibility index (Phi) is 4.75. The van der Waals surface area contributed by atoms with Crippen LogP contribution in [0.15, 0.2) is 36.4 Å². The van der Waals surface area contributed by atoms with E-state index in [2.05, 4.69) is 69.4 Å². The van der Waals surface area contributed by atoms with Crippen molar-refractivity contribution in [3.8, 4) is 0 Å². The Morgan fingerprint density at radius 3 is 2.25 bits per heavy atom. The molecule has 2 atom stereocenters. The van der Waals surface area contributed by atoms with Crippen LogP contribution in [0, 0.1) is 33.6 Å². The summed E-state index contributed by atoms with van der Waals surface area (Å²) < 4.78 is 0. The van der Waals surface area contributed by atoms with Gasteiger partial charge in [-0.25, -0.2) is 0 Å². The standard InChI is InChI=1S/C22H27NO/c1-14-5-7-18(9-16(14)3)11-20-12-21(13-23-22(20)24)19-8-6-15(2)17(4)10-19/h5-10,20-21H,11-13H2,1-4H3,(H,23,24). The highest BCUT2D eigenvalue weighted by molar-refractivity contribution is 5.80. The molecule has 1 N–H and O–H groups in total. The average molecular weight is 321 g/mol. The van der Waals surface area contributed by atoms with E-state index in [1.165, 1.54) is 33.4 Å². The predicted molar refractivity (Wildman–Crippen MR) is 99.4 cm³/mol. The van der Waals surface area contributed by atoms with E-state index >= 15 is 0 Å². The maximum Gasteiger partial charge on any atom is 0.223 e. The molecule has 2 heteroatoms. The molecule has 2 nitrogen and oxygen atoms in total. The number of piperidine rings is 1. The van der Waals surface area contributed by atoms with Gasteiger partial charge in [0.25, 0.3) is 0 Å². The largest absolute Gasteiger partial charge is 0.355 e. The van der Waals surface area contributed by atoms with Gasteiger partial charge in [0.05, 0.1) is 0 Å². The summed E-state index contributed by atoms with van der Waals surface area (Å²) in [4.78, 5) is 12.3. The molecule has 0 aliphatic carbocycles. The van der Waals surface area contributed by atoms with Crippen molar-refractivity contribution in [2.75, 3.05) is 6.54 Å². The normalized spacial score (nSPS) is 20.8. The summed E-state index contributed by atoms with van der Waals surface area (Å²) >= 11 is 0. The molecule has 1 saturated heterocycles. The van der Waals surface area contributed by atoms with Crippen LogP contribution in [0.5, 0.6) is 0 Å². The molecule has 1 aliphatic heterocycles. The Morgan fingerprint density at radius 1 is 0.917 bits per heavy atom. The van der Waals surface area contributed by atoms with Crippen molar-refractivity contribution in [3.63, 3.8) is 0 Å². The lowest BCUT2D eigenvalue weighted by Gasteiger charge is -2.30. The van der Waals surface area contributed by atoms with Gasteiger partial charge in [0.1, 0.15) is 0 Å². The first-order chi connectivity index (χ1) is 11.4. The smallest absolute Gasteiger partial charge is 0.223 e. The van der Waals surface area contributed by atoms with Crippen molar-refractivity contribution in [3.05, 3.63) is 69.8 Å². The van der Waals surface area contributed by atoms with Crippen molar-refractivity contribution in [1.82, 2.24) is 5.32 Å². The second-order valence-electron chi connectivity index (χ2n) is 7.34. The van der Waals surface area contributed by atoms with E-state index in [9.17, 15) is 4.79 Å². The van der Waals surface area contributed by atoms with Gasteiger partial charge in [-0.05, 0) is 73.9 Å². The Hall–Kier alpha value is -2.09. The van der Waals surface area contributed by atoms with E-state index in [0.29, 0.717) is 5.92 Å². The van der Waals surface area contributed by atoms with Crippen molar-refractivity contribution >= 4 is 5.91 Å². The molecule has 0 radical (unpaired) electrons. The van der Waals surface area contributed by atoms with Crippen LogP contribution in [0.4, 0.5) is 0 Å². The summed E-state index contributed by atoms with van der Waals surface area (Å²) in [6, 6.07) is 13.2. The summed E-state index contributed by atoms with van der Waals surface area (Å²) in [5.74, 6) is 0.680. The number of rotatable bonds is 3. The van der Waals surface area contributed by atoms with Crippen molar-refractivity contribution in [2.24, 2.45) is 5.92 Å². The second kappa shape index (κ2) is 6.80. The van der Waals surface area contributed by atoms with E-state index in [1.807, 2.05) is 0 Å². The van der Waals surface area contributed by atoms with E-state index < -0.39 is 0 Å². The Labute approximate surface area is 145 Å². The number of hydrogen-bond acceptors (Lipinski definition) is 1. The summed E-state index contributed by atoms with van der Waals surface area (Å²) in [6.07, 6.45) is 1.76. The molecule has 2 aromatic carbocycles. The van der Waals surface area contributed by atoms with Crippen molar-refractivity contribution in [1.29, 1.82) is 0 Å². The van der Waals surface area contributed by atoms with Gasteiger partial charge in [0.15, 0.2) is 0 Å². The van der Waals surface area contributed by atoms with Crippen LogP contribution in [0.1, 0.15) is 45.7 Å². The second-order valence-corrected chi connectivity index (χ2v) is 7.34. The zero-order valence-electron chi connectivity index (χ0n) is 15.1. The highest BCUT2D eigenvalue weighted by atomic mass is 16.1. The lowest BCUT2D eigenvalue weighted by atomic mass is 9.81. The number of benzene rings is 2. The van der Waals surface area contributed by atoms with Crippen molar-refractivity contribution in [2.45, 2.75) is 46.5 Å². The van der Waals surface area contributed by atoms with Gasteiger partial charge < -0.3 is 5.32 Å². The maximum atomic E-state index is 12.3. The molecule has 3 rings (SSSR count). The number of hydrogen-bond donors (Lipinski definition) is 1. The molecule has 1 aliphatic rings. The van der Waals surface area contributed by atoms with Crippen LogP contribution in [0.25, 0.3) is 0 Å². The lowest BCUT2D eigenvalue weighted by molar-refractivity contribution is -0.126. The maximum absolute atomic E-state index is 12.3.